The van der Waals surface area contributed by atoms with Crippen LogP contribution < -0.4 is 0 Å². The molecule has 0 aromatic heterocycles. The van der Waals surface area contributed by atoms with Gasteiger partial charge in [-0.2, -0.15) is 0 Å². The van der Waals surface area contributed by atoms with E-state index < -0.39 is 6.10 Å². The highest BCUT2D eigenvalue weighted by Crippen LogP contribution is 2.17. The first-order valence-corrected chi connectivity index (χ1v) is 32.5. The quantitative estimate of drug-likeness (QED) is 0.0261. The van der Waals surface area contributed by atoms with Crippen LogP contribution in [0.2, 0.25) is 0 Å². The number of rotatable bonds is 58. The summed E-state index contributed by atoms with van der Waals surface area (Å²) in [6.07, 6.45) is 90.8. The molecule has 0 radical (unpaired) electrons. The Morgan fingerprint density at radius 3 is 0.859 bits per heavy atom. The smallest absolute Gasteiger partial charge is 0.306 e. The van der Waals surface area contributed by atoms with Crippen molar-refractivity contribution in [1.29, 1.82) is 0 Å². The third-order valence-electron chi connectivity index (χ3n) is 13.7. The number of hydrogen-bond donors (Lipinski definition) is 0. The topological polar surface area (TPSA) is 78.9 Å². The standard InChI is InChI=1S/C72H120O6/c1-4-7-10-13-16-19-22-25-27-29-31-32-33-34-35-36-37-38-39-40-41-43-44-47-50-53-56-59-62-65-71(74)77-68-69(67-76-70(73)64-61-58-55-52-49-46-24-21-18-15-12-9-6-3)78-72(75)66-63-60-57-54-51-48-45-42-30-28-26-23-20-17-14-11-8-5-2/h7,9-10,12,16,18-19,21,25,27,31-32,34-35,37-38,46,49,55,58,69H,4-6,8,11,13-15,17,20,22-24,26,28-30,33,36,39-45,47-48,50-54,56-57,59-68H2,1-3H3/b10-7-,12-9-,19-16-,21-18-,27-25-,32-31-,35-34-,38-37-,49-46-,58-55-. The van der Waals surface area contributed by atoms with Gasteiger partial charge in [-0.15, -0.1) is 0 Å². The lowest BCUT2D eigenvalue weighted by atomic mass is 10.0. The lowest BCUT2D eigenvalue weighted by Gasteiger charge is -2.18. The van der Waals surface area contributed by atoms with Gasteiger partial charge in [0.1, 0.15) is 13.2 Å². The molecular formula is C72H120O6. The Kier molecular flexibility index (Phi) is 61.8. The van der Waals surface area contributed by atoms with Crippen molar-refractivity contribution >= 4 is 17.9 Å². The molecule has 0 aliphatic rings. The molecule has 78 heavy (non-hydrogen) atoms. The van der Waals surface area contributed by atoms with Gasteiger partial charge in [0.25, 0.3) is 0 Å². The van der Waals surface area contributed by atoms with E-state index in [0.717, 1.165) is 103 Å². The molecule has 6 heteroatoms. The van der Waals surface area contributed by atoms with Gasteiger partial charge in [0.2, 0.25) is 0 Å². The number of esters is 3. The van der Waals surface area contributed by atoms with E-state index in [0.29, 0.717) is 19.3 Å². The van der Waals surface area contributed by atoms with Crippen LogP contribution in [0.1, 0.15) is 297 Å². The number of allylic oxidation sites excluding steroid dienone is 20. The predicted octanol–water partition coefficient (Wildman–Crippen LogP) is 22.4. The fourth-order valence-corrected chi connectivity index (χ4v) is 8.93. The van der Waals surface area contributed by atoms with Crippen molar-refractivity contribution < 1.29 is 28.6 Å². The lowest BCUT2D eigenvalue weighted by molar-refractivity contribution is -0.166. The zero-order valence-corrected chi connectivity index (χ0v) is 50.9. The molecule has 1 unspecified atom stereocenters. The maximum Gasteiger partial charge on any atom is 0.306 e. The molecule has 0 amide bonds. The minimum absolute atomic E-state index is 0.102. The largest absolute Gasteiger partial charge is 0.462 e. The molecule has 0 aliphatic carbocycles. The summed E-state index contributed by atoms with van der Waals surface area (Å²) in [5.41, 5.74) is 0. The second-order valence-electron chi connectivity index (χ2n) is 21.3. The summed E-state index contributed by atoms with van der Waals surface area (Å²) in [6, 6.07) is 0. The summed E-state index contributed by atoms with van der Waals surface area (Å²) >= 11 is 0. The molecule has 0 bridgehead atoms. The van der Waals surface area contributed by atoms with Crippen LogP contribution in [0, 0.1) is 0 Å². The first kappa shape index (κ1) is 73.8. The van der Waals surface area contributed by atoms with Gasteiger partial charge in [-0.25, -0.2) is 0 Å². The van der Waals surface area contributed by atoms with E-state index in [-0.39, 0.29) is 37.5 Å². The Bertz CT molecular complexity index is 1620. The lowest BCUT2D eigenvalue weighted by Crippen LogP contribution is -2.30. The van der Waals surface area contributed by atoms with E-state index in [9.17, 15) is 14.4 Å². The van der Waals surface area contributed by atoms with Crippen LogP contribution in [-0.4, -0.2) is 37.2 Å². The van der Waals surface area contributed by atoms with Crippen LogP contribution in [0.3, 0.4) is 0 Å². The van der Waals surface area contributed by atoms with E-state index in [1.807, 2.05) is 6.08 Å². The highest BCUT2D eigenvalue weighted by atomic mass is 16.6. The monoisotopic (exact) mass is 1080 g/mol. The van der Waals surface area contributed by atoms with Crippen LogP contribution in [0.4, 0.5) is 0 Å². The molecule has 6 nitrogen and oxygen atoms in total. The summed E-state index contributed by atoms with van der Waals surface area (Å²) in [4.78, 5) is 38.3. The van der Waals surface area contributed by atoms with Gasteiger partial charge in [-0.05, 0) is 96.3 Å². The second kappa shape index (κ2) is 65.3. The van der Waals surface area contributed by atoms with Crippen LogP contribution in [0.15, 0.2) is 122 Å². The minimum Gasteiger partial charge on any atom is -0.462 e. The summed E-state index contributed by atoms with van der Waals surface area (Å²) in [5.74, 6) is -0.983. The normalized spacial score (nSPS) is 12.9. The van der Waals surface area contributed by atoms with Gasteiger partial charge < -0.3 is 14.2 Å². The van der Waals surface area contributed by atoms with Crippen LogP contribution in [0.25, 0.3) is 0 Å². The third-order valence-corrected chi connectivity index (χ3v) is 13.7. The van der Waals surface area contributed by atoms with Crippen molar-refractivity contribution in [2.24, 2.45) is 0 Å². The molecule has 0 aromatic carbocycles. The first-order chi connectivity index (χ1) is 38.5. The summed E-state index contributed by atoms with van der Waals surface area (Å²) in [7, 11) is 0. The fraction of sp³-hybridized carbons (Fsp3) is 0.681. The van der Waals surface area contributed by atoms with Crippen molar-refractivity contribution in [3.8, 4) is 0 Å². The van der Waals surface area contributed by atoms with Gasteiger partial charge in [-0.1, -0.05) is 303 Å². The summed E-state index contributed by atoms with van der Waals surface area (Å²) in [5, 5.41) is 0. The van der Waals surface area contributed by atoms with Crippen molar-refractivity contribution in [1.82, 2.24) is 0 Å². The molecule has 0 aliphatic heterocycles. The molecule has 0 saturated heterocycles. The molecule has 0 N–H and O–H groups in total. The van der Waals surface area contributed by atoms with Gasteiger partial charge in [0.05, 0.1) is 0 Å². The van der Waals surface area contributed by atoms with Crippen molar-refractivity contribution in [3.63, 3.8) is 0 Å². The van der Waals surface area contributed by atoms with Crippen molar-refractivity contribution in [2.75, 3.05) is 13.2 Å². The zero-order chi connectivity index (χ0) is 56.4. The highest BCUT2D eigenvalue weighted by Gasteiger charge is 2.19. The maximum absolute atomic E-state index is 12.9. The minimum atomic E-state index is -0.810. The van der Waals surface area contributed by atoms with E-state index in [4.69, 9.17) is 14.2 Å². The number of carbonyl (C=O) groups is 3. The van der Waals surface area contributed by atoms with Crippen LogP contribution in [0.5, 0.6) is 0 Å². The Morgan fingerprint density at radius 1 is 0.269 bits per heavy atom. The predicted molar refractivity (Wildman–Crippen MR) is 339 cm³/mol. The molecule has 0 spiro atoms. The van der Waals surface area contributed by atoms with Gasteiger partial charge >= 0.3 is 17.9 Å². The molecule has 0 saturated carbocycles. The third kappa shape index (κ3) is 62.7. The Morgan fingerprint density at radius 2 is 0.526 bits per heavy atom. The highest BCUT2D eigenvalue weighted by molar-refractivity contribution is 5.71. The van der Waals surface area contributed by atoms with Crippen molar-refractivity contribution in [3.05, 3.63) is 122 Å². The number of carbonyl (C=O) groups excluding carboxylic acids is 3. The van der Waals surface area contributed by atoms with E-state index >= 15 is 0 Å². The van der Waals surface area contributed by atoms with Gasteiger partial charge in [0, 0.05) is 19.3 Å². The molecule has 0 rings (SSSR count). The fourth-order valence-electron chi connectivity index (χ4n) is 8.93. The molecular weight excluding hydrogens is 961 g/mol. The van der Waals surface area contributed by atoms with E-state index in [1.54, 1.807) is 0 Å². The number of hydrogen-bond acceptors (Lipinski definition) is 6. The van der Waals surface area contributed by atoms with Gasteiger partial charge in [0.15, 0.2) is 6.10 Å². The Balaban J connectivity index is 4.33. The molecule has 0 aromatic rings. The molecule has 1 atom stereocenters. The second-order valence-corrected chi connectivity index (χ2v) is 21.3. The average Bonchev–Trinajstić information content (AvgIpc) is 3.44. The maximum atomic E-state index is 12.9. The molecule has 0 fully saturated rings. The SMILES string of the molecule is CC/C=C\C/C=C\C/C=C\C/C=C\C/C=C\C/C=C\CCCCCCCCCCCCC(=O)OCC(COC(=O)CC/C=C\C/C=C\C/C=C\C/C=C\CC)OC(=O)CCCCCCCCCCCCCCCCCCCC. The Hall–Kier alpha value is -4.19. The van der Waals surface area contributed by atoms with E-state index in [2.05, 4.69) is 136 Å². The average molecular weight is 1080 g/mol. The first-order valence-electron chi connectivity index (χ1n) is 32.5. The Labute approximate surface area is 482 Å². The molecule has 0 heterocycles. The number of unbranched alkanes of at least 4 members (excludes halogenated alkanes) is 27. The van der Waals surface area contributed by atoms with Crippen LogP contribution in [-0.2, 0) is 28.6 Å². The summed E-state index contributed by atoms with van der Waals surface area (Å²) < 4.78 is 16.9. The molecule has 444 valence electrons. The zero-order valence-electron chi connectivity index (χ0n) is 50.9. The number of ether oxygens (including phenoxy) is 3. The van der Waals surface area contributed by atoms with Gasteiger partial charge in [-0.3, -0.25) is 14.4 Å². The van der Waals surface area contributed by atoms with Crippen molar-refractivity contribution in [2.45, 2.75) is 303 Å². The van der Waals surface area contributed by atoms with E-state index in [1.165, 1.54) is 148 Å². The summed E-state index contributed by atoms with van der Waals surface area (Å²) in [6.45, 7) is 6.37. The van der Waals surface area contributed by atoms with Crippen LogP contribution >= 0.6 is 0 Å².